The summed E-state index contributed by atoms with van der Waals surface area (Å²) in [5.74, 6) is 0.322. The van der Waals surface area contributed by atoms with Gasteiger partial charge in [0.15, 0.2) is 0 Å². The van der Waals surface area contributed by atoms with Gasteiger partial charge >= 0.3 is 0 Å². The van der Waals surface area contributed by atoms with E-state index in [0.717, 1.165) is 0 Å². The molecule has 0 amide bonds. The summed E-state index contributed by atoms with van der Waals surface area (Å²) < 4.78 is 0. The van der Waals surface area contributed by atoms with Gasteiger partial charge in [-0.05, 0) is 25.5 Å². The topological polar surface area (TPSA) is 46.2 Å². The first-order valence-corrected chi connectivity index (χ1v) is 5.66. The van der Waals surface area contributed by atoms with E-state index in [2.05, 4.69) is 13.8 Å². The van der Waals surface area contributed by atoms with Gasteiger partial charge in [-0.2, -0.15) is 0 Å². The number of benzene rings is 1. The van der Waals surface area contributed by atoms with Crippen molar-refractivity contribution in [2.24, 2.45) is 5.73 Å². The van der Waals surface area contributed by atoms with Gasteiger partial charge in [0.25, 0.3) is 0 Å². The van der Waals surface area contributed by atoms with E-state index in [1.807, 2.05) is 6.07 Å². The Bertz CT molecular complexity index is 221. The lowest BCUT2D eigenvalue weighted by Gasteiger charge is -2.01. The van der Waals surface area contributed by atoms with Crippen LogP contribution in [-0.4, -0.2) is 11.1 Å². The van der Waals surface area contributed by atoms with Crippen molar-refractivity contribution in [1.29, 1.82) is 0 Å². The van der Waals surface area contributed by atoms with Crippen molar-refractivity contribution in [3.8, 4) is 5.75 Å². The summed E-state index contributed by atoms with van der Waals surface area (Å²) in [7, 11) is 0. The maximum absolute atomic E-state index is 8.63. The average Bonchev–Trinajstić information content (AvgIpc) is 2.20. The summed E-state index contributed by atoms with van der Waals surface area (Å²) in [5.41, 5.74) is 5.53. The Balaban J connectivity index is 0.000000262. The van der Waals surface area contributed by atoms with Crippen LogP contribution in [0, 0.1) is 0 Å². The van der Waals surface area contributed by atoms with E-state index in [9.17, 15) is 0 Å². The van der Waals surface area contributed by atoms with Gasteiger partial charge in [0.2, 0.25) is 0 Å². The Hall–Kier alpha value is -1.02. The van der Waals surface area contributed by atoms with Crippen LogP contribution >= 0.6 is 0 Å². The van der Waals surface area contributed by atoms with Crippen molar-refractivity contribution in [2.45, 2.75) is 45.6 Å². The number of phenols is 1. The predicted octanol–water partition coefficient (Wildman–Crippen LogP) is 3.31. The zero-order valence-corrected chi connectivity index (χ0v) is 9.82. The fraction of sp³-hybridized carbons (Fsp3) is 0.538. The molecule has 3 N–H and O–H groups in total. The Morgan fingerprint density at radius 1 is 1.20 bits per heavy atom. The molecule has 0 saturated carbocycles. The minimum atomic E-state index is 0.322. The number of nitrogens with two attached hydrogens (primary N) is 1. The average molecular weight is 209 g/mol. The van der Waals surface area contributed by atoms with Crippen molar-refractivity contribution in [1.82, 2.24) is 0 Å². The fourth-order valence-electron chi connectivity index (χ4n) is 1.14. The van der Waals surface area contributed by atoms with Crippen molar-refractivity contribution < 1.29 is 5.11 Å². The highest BCUT2D eigenvalue weighted by Crippen LogP contribution is 2.02. The van der Waals surface area contributed by atoms with Crippen LogP contribution in [0.4, 0.5) is 0 Å². The number of para-hydroxylation sites is 1. The fourth-order valence-corrected chi connectivity index (χ4v) is 1.14. The molecule has 15 heavy (non-hydrogen) atoms. The molecule has 2 nitrogen and oxygen atoms in total. The molecule has 0 aliphatic heterocycles. The third kappa shape index (κ3) is 10.9. The van der Waals surface area contributed by atoms with Crippen LogP contribution in [-0.2, 0) is 0 Å². The van der Waals surface area contributed by atoms with Crippen LogP contribution in [0.1, 0.15) is 39.5 Å². The van der Waals surface area contributed by atoms with Crippen LogP contribution in [0.5, 0.6) is 5.75 Å². The molecule has 0 radical (unpaired) electrons. The summed E-state index contributed by atoms with van der Waals surface area (Å²) >= 11 is 0. The molecular weight excluding hydrogens is 186 g/mol. The Labute approximate surface area is 93.1 Å². The van der Waals surface area contributed by atoms with E-state index in [0.29, 0.717) is 11.8 Å². The van der Waals surface area contributed by atoms with Gasteiger partial charge in [0.1, 0.15) is 5.75 Å². The van der Waals surface area contributed by atoms with E-state index >= 15 is 0 Å². The molecule has 1 rings (SSSR count). The monoisotopic (exact) mass is 209 g/mol. The van der Waals surface area contributed by atoms with Crippen LogP contribution < -0.4 is 5.73 Å². The molecule has 1 aromatic rings. The van der Waals surface area contributed by atoms with Crippen molar-refractivity contribution >= 4 is 0 Å². The number of aromatic hydroxyl groups is 1. The molecule has 0 spiro atoms. The highest BCUT2D eigenvalue weighted by molar-refractivity contribution is 5.18. The Morgan fingerprint density at radius 2 is 1.80 bits per heavy atom. The molecule has 1 atom stereocenters. The molecule has 1 aromatic carbocycles. The molecule has 0 fully saturated rings. The third-order valence-corrected chi connectivity index (χ3v) is 2.02. The second-order valence-corrected chi connectivity index (χ2v) is 3.81. The van der Waals surface area contributed by atoms with Gasteiger partial charge in [0.05, 0.1) is 0 Å². The number of phenolic OH excluding ortho intramolecular Hbond substituents is 1. The number of hydrogen-bond donors (Lipinski definition) is 2. The molecule has 0 heterocycles. The Kier molecular flexibility index (Phi) is 8.88. The summed E-state index contributed by atoms with van der Waals surface area (Å²) in [4.78, 5) is 0. The van der Waals surface area contributed by atoms with E-state index < -0.39 is 0 Å². The zero-order valence-electron chi connectivity index (χ0n) is 9.82. The number of hydrogen-bond acceptors (Lipinski definition) is 2. The number of rotatable bonds is 4. The summed E-state index contributed by atoms with van der Waals surface area (Å²) in [6.45, 7) is 4.27. The number of unbranched alkanes of at least 4 members (excludes halogenated alkanes) is 2. The minimum Gasteiger partial charge on any atom is -0.508 e. The highest BCUT2D eigenvalue weighted by Gasteiger charge is 1.90. The SMILES string of the molecule is CCCCCC(C)N.Oc1ccccc1. The summed E-state index contributed by atoms with van der Waals surface area (Å²) in [6.07, 6.45) is 5.12. The van der Waals surface area contributed by atoms with Crippen LogP contribution in [0.2, 0.25) is 0 Å². The van der Waals surface area contributed by atoms with Crippen LogP contribution in [0.3, 0.4) is 0 Å². The van der Waals surface area contributed by atoms with Crippen molar-refractivity contribution in [3.63, 3.8) is 0 Å². The minimum absolute atomic E-state index is 0.322. The van der Waals surface area contributed by atoms with E-state index in [-0.39, 0.29) is 0 Å². The first kappa shape index (κ1) is 14.0. The summed E-state index contributed by atoms with van der Waals surface area (Å²) in [5, 5.41) is 8.63. The highest BCUT2D eigenvalue weighted by atomic mass is 16.3. The lowest BCUT2D eigenvalue weighted by molar-refractivity contribution is 0.475. The third-order valence-electron chi connectivity index (χ3n) is 2.02. The molecule has 86 valence electrons. The van der Waals surface area contributed by atoms with E-state index in [4.69, 9.17) is 10.8 Å². The van der Waals surface area contributed by atoms with Gasteiger partial charge in [-0.3, -0.25) is 0 Å². The molecule has 0 aliphatic rings. The van der Waals surface area contributed by atoms with Crippen LogP contribution in [0.25, 0.3) is 0 Å². The lowest BCUT2D eigenvalue weighted by Crippen LogP contribution is -2.13. The van der Waals surface area contributed by atoms with Crippen LogP contribution in [0.15, 0.2) is 30.3 Å². The van der Waals surface area contributed by atoms with Crippen molar-refractivity contribution in [2.75, 3.05) is 0 Å². The molecular formula is C13H23NO. The smallest absolute Gasteiger partial charge is 0.115 e. The molecule has 0 aromatic heterocycles. The second kappa shape index (κ2) is 9.53. The molecule has 2 heteroatoms. The largest absolute Gasteiger partial charge is 0.508 e. The van der Waals surface area contributed by atoms with Gasteiger partial charge in [-0.15, -0.1) is 0 Å². The molecule has 0 saturated heterocycles. The van der Waals surface area contributed by atoms with E-state index in [1.54, 1.807) is 24.3 Å². The first-order chi connectivity index (χ1) is 7.16. The first-order valence-electron chi connectivity index (χ1n) is 5.66. The zero-order chi connectivity index (χ0) is 11.5. The lowest BCUT2D eigenvalue weighted by atomic mass is 10.1. The van der Waals surface area contributed by atoms with Gasteiger partial charge in [0, 0.05) is 6.04 Å². The van der Waals surface area contributed by atoms with Gasteiger partial charge in [-0.25, -0.2) is 0 Å². The van der Waals surface area contributed by atoms with Gasteiger partial charge in [-0.1, -0.05) is 44.4 Å². The predicted molar refractivity (Wildman–Crippen MR) is 65.9 cm³/mol. The molecule has 0 aliphatic carbocycles. The summed E-state index contributed by atoms with van der Waals surface area (Å²) in [6, 6.07) is 9.12. The standard InChI is InChI=1S/C7H17N.C6H6O/c1-3-4-5-6-7(2)8;7-6-4-2-1-3-5-6/h7H,3-6,8H2,1-2H3;1-5,7H. The van der Waals surface area contributed by atoms with E-state index in [1.165, 1.54) is 25.7 Å². The quantitative estimate of drug-likeness (QED) is 0.747. The van der Waals surface area contributed by atoms with Gasteiger partial charge < -0.3 is 10.8 Å². The second-order valence-electron chi connectivity index (χ2n) is 3.81. The molecule has 0 bridgehead atoms. The Morgan fingerprint density at radius 3 is 2.13 bits per heavy atom. The normalized spacial score (nSPS) is 11.4. The maximum Gasteiger partial charge on any atom is 0.115 e. The van der Waals surface area contributed by atoms with Crippen molar-refractivity contribution in [3.05, 3.63) is 30.3 Å². The maximum atomic E-state index is 8.63. The molecule has 1 unspecified atom stereocenters.